The van der Waals surface area contributed by atoms with Crippen molar-refractivity contribution in [2.45, 2.75) is 0 Å². The molecule has 0 aliphatic heterocycles. The number of rotatable bonds is 0. The normalized spacial score (nSPS) is 3.43. The molecule has 0 atom stereocenters. The van der Waals surface area contributed by atoms with Crippen molar-refractivity contribution in [1.82, 2.24) is 0 Å². The molecule has 0 aliphatic carbocycles. The minimum atomic E-state index is 0. The second-order valence-corrected chi connectivity index (χ2v) is 0.298. The molecule has 0 N–H and O–H groups in total. The fourth-order valence-electron chi connectivity index (χ4n) is 0. The molecular weight excluding hydrogens is 266 g/mol. The maximum Gasteiger partial charge on any atom is 3.00 e. The third-order valence-electron chi connectivity index (χ3n) is 0. The molecule has 0 bridgehead atoms. The Morgan fingerprint density at radius 1 is 0.571 bits per heavy atom. The van der Waals surface area contributed by atoms with Gasteiger partial charge in [0, 0.05) is 0 Å². The fourth-order valence-corrected chi connectivity index (χ4v) is 0. The van der Waals surface area contributed by atoms with Crippen LogP contribution in [0.4, 0.5) is 0 Å². The van der Waals surface area contributed by atoms with Gasteiger partial charge in [-0.05, 0) is 0 Å². The van der Waals surface area contributed by atoms with Crippen molar-refractivity contribution in [3.8, 4) is 0 Å². The molecule has 0 unspecified atom stereocenters. The van der Waals surface area contributed by atoms with Crippen LogP contribution < -0.4 is 29.6 Å². The SMILES string of the molecule is O=N[O-].O=N[O-].O=N[O-].O=N[O-].[Co+3].[Na+]. The molecule has 0 radical (unpaired) electrons. The summed E-state index contributed by atoms with van der Waals surface area (Å²) in [6.45, 7) is 0. The average molecular weight is 266 g/mol. The molecule has 14 heteroatoms. The third-order valence-corrected chi connectivity index (χ3v) is 0. The molecule has 0 spiro atoms. The molecule has 0 aromatic heterocycles. The van der Waals surface area contributed by atoms with Crippen molar-refractivity contribution in [1.29, 1.82) is 0 Å². The van der Waals surface area contributed by atoms with E-state index in [0.29, 0.717) is 0 Å². The van der Waals surface area contributed by atoms with Crippen LogP contribution in [0.15, 0.2) is 21.4 Å². The van der Waals surface area contributed by atoms with E-state index in [0.717, 1.165) is 21.4 Å². The Hall–Kier alpha value is -0.894. The van der Waals surface area contributed by atoms with Gasteiger partial charge in [-0.3, -0.25) is 0 Å². The molecule has 14 heavy (non-hydrogen) atoms. The summed E-state index contributed by atoms with van der Waals surface area (Å²) in [4.78, 5) is 32.0. The average Bonchev–Trinajstić information content (AvgIpc) is 1.92. The van der Waals surface area contributed by atoms with Crippen LogP contribution in [0.3, 0.4) is 0 Å². The van der Waals surface area contributed by atoms with Gasteiger partial charge in [-0.2, -0.15) is 0 Å². The molecule has 12 nitrogen and oxygen atoms in total. The van der Waals surface area contributed by atoms with E-state index in [-0.39, 0.29) is 46.3 Å². The monoisotopic (exact) mass is 266 g/mol. The van der Waals surface area contributed by atoms with Gasteiger partial charge in [0.05, 0.1) is 0 Å². The maximum atomic E-state index is 8.00. The van der Waals surface area contributed by atoms with Gasteiger partial charge in [0.1, 0.15) is 0 Å². The molecule has 0 rings (SSSR count). The van der Waals surface area contributed by atoms with Crippen LogP contribution in [0.1, 0.15) is 0 Å². The van der Waals surface area contributed by atoms with E-state index in [1.54, 1.807) is 0 Å². The zero-order valence-corrected chi connectivity index (χ0v) is 9.43. The summed E-state index contributed by atoms with van der Waals surface area (Å²) >= 11 is 0. The van der Waals surface area contributed by atoms with Gasteiger partial charge >= 0.3 is 46.3 Å². The van der Waals surface area contributed by atoms with Gasteiger partial charge in [0.15, 0.2) is 0 Å². The smallest absolute Gasteiger partial charge is 0.444 e. The van der Waals surface area contributed by atoms with Crippen LogP contribution >= 0.6 is 0 Å². The minimum absolute atomic E-state index is 0. The second-order valence-electron chi connectivity index (χ2n) is 0.298. The summed E-state index contributed by atoms with van der Waals surface area (Å²) in [7, 11) is 0. The molecule has 0 aromatic rings. The number of hydrogen-bond donors (Lipinski definition) is 0. The van der Waals surface area contributed by atoms with Gasteiger partial charge in [-0.15, -0.1) is 21.4 Å². The van der Waals surface area contributed by atoms with Crippen LogP contribution in [0.2, 0.25) is 0 Å². The van der Waals surface area contributed by atoms with Crippen molar-refractivity contribution in [2.24, 2.45) is 21.4 Å². The summed E-state index contributed by atoms with van der Waals surface area (Å²) < 4.78 is 0. The van der Waals surface area contributed by atoms with Crippen LogP contribution in [0.5, 0.6) is 0 Å². The van der Waals surface area contributed by atoms with Gasteiger partial charge < -0.3 is 40.5 Å². The standard InChI is InChI=1S/Co.4HNO2.Na/c;4*2-1-3;/h;4*(H,2,3);/q+3;;;;;+1/p-4. The fraction of sp³-hybridized carbons (Fsp3) is 0. The second kappa shape index (κ2) is 155. The van der Waals surface area contributed by atoms with E-state index < -0.39 is 0 Å². The summed E-state index contributed by atoms with van der Waals surface area (Å²) in [6, 6.07) is 0. The molecule has 0 saturated carbocycles. The first-order valence-corrected chi connectivity index (χ1v) is 1.46. The van der Waals surface area contributed by atoms with Crippen molar-refractivity contribution in [2.75, 3.05) is 0 Å². The zero-order chi connectivity index (χ0) is 10.8. The van der Waals surface area contributed by atoms with Gasteiger partial charge in [0.25, 0.3) is 0 Å². The van der Waals surface area contributed by atoms with Crippen molar-refractivity contribution < 1.29 is 46.3 Å². The molecule has 0 heterocycles. The largest absolute Gasteiger partial charge is 3.00 e. The summed E-state index contributed by atoms with van der Waals surface area (Å²) in [5.74, 6) is 0. The Morgan fingerprint density at radius 2 is 0.571 bits per heavy atom. The first kappa shape index (κ1) is 38.0. The van der Waals surface area contributed by atoms with Gasteiger partial charge in [-0.25, -0.2) is 0 Å². The van der Waals surface area contributed by atoms with Crippen molar-refractivity contribution in [3.05, 3.63) is 40.5 Å². The molecule has 0 aliphatic rings. The quantitative estimate of drug-likeness (QED) is 0.271. The van der Waals surface area contributed by atoms with Gasteiger partial charge in [-0.1, -0.05) is 0 Å². The number of nitrogens with zero attached hydrogens (tertiary/aromatic N) is 4. The van der Waals surface area contributed by atoms with Crippen LogP contribution in [0, 0.1) is 40.5 Å². The van der Waals surface area contributed by atoms with Crippen LogP contribution in [0.25, 0.3) is 0 Å². The Kier molecular flexibility index (Phi) is 420. The first-order chi connectivity index (χ1) is 5.66. The van der Waals surface area contributed by atoms with E-state index in [4.69, 9.17) is 40.5 Å². The molecule has 0 aromatic carbocycles. The number of hydrogen-bond acceptors (Lipinski definition) is 12. The van der Waals surface area contributed by atoms with E-state index in [9.17, 15) is 0 Å². The Morgan fingerprint density at radius 3 is 0.571 bits per heavy atom. The van der Waals surface area contributed by atoms with E-state index in [2.05, 4.69) is 0 Å². The summed E-state index contributed by atoms with van der Waals surface area (Å²) in [5, 5.41) is 36.0. The van der Waals surface area contributed by atoms with Crippen molar-refractivity contribution >= 4 is 0 Å². The molecule has 0 amide bonds. The summed E-state index contributed by atoms with van der Waals surface area (Å²) in [5.41, 5.74) is 0. The minimum Gasteiger partial charge on any atom is -0.444 e. The van der Waals surface area contributed by atoms with Crippen LogP contribution in [-0.2, 0) is 16.8 Å². The van der Waals surface area contributed by atoms with Crippen LogP contribution in [-0.4, -0.2) is 0 Å². The van der Waals surface area contributed by atoms with Crippen molar-refractivity contribution in [3.63, 3.8) is 0 Å². The summed E-state index contributed by atoms with van der Waals surface area (Å²) in [6.07, 6.45) is 0. The Bertz CT molecular complexity index is 75.3. The van der Waals surface area contributed by atoms with E-state index >= 15 is 0 Å². The molecule has 0 fully saturated rings. The van der Waals surface area contributed by atoms with Gasteiger partial charge in [0.2, 0.25) is 0 Å². The topological polar surface area (TPSA) is 210 Å². The predicted octanol–water partition coefficient (Wildman–Crippen LogP) is -2.00. The predicted molar refractivity (Wildman–Crippen MR) is 36.6 cm³/mol. The molecule has 0 saturated heterocycles. The van der Waals surface area contributed by atoms with E-state index in [1.807, 2.05) is 0 Å². The Balaban J connectivity index is -0.0000000145. The molecular formula is CoN4NaO8. The maximum absolute atomic E-state index is 8.00. The molecule has 78 valence electrons. The Labute approximate surface area is 108 Å². The zero-order valence-electron chi connectivity index (χ0n) is 6.39. The van der Waals surface area contributed by atoms with E-state index in [1.165, 1.54) is 0 Å². The third kappa shape index (κ3) is 1420. The first-order valence-electron chi connectivity index (χ1n) is 1.46.